The Labute approximate surface area is 122 Å². The van der Waals surface area contributed by atoms with Crippen LogP contribution in [0, 0.1) is 0 Å². The summed E-state index contributed by atoms with van der Waals surface area (Å²) in [4.78, 5) is 14.4. The van der Waals surface area contributed by atoms with E-state index in [1.807, 2.05) is 51.2 Å². The molecule has 0 saturated carbocycles. The van der Waals surface area contributed by atoms with E-state index in [2.05, 4.69) is 24.1 Å². The quantitative estimate of drug-likeness (QED) is 0.797. The van der Waals surface area contributed by atoms with Gasteiger partial charge in [-0.3, -0.25) is 10.1 Å². The minimum absolute atomic E-state index is 0.156. The third-order valence-corrected chi connectivity index (χ3v) is 3.59. The average Bonchev–Trinajstić information content (AvgIpc) is 2.37. The van der Waals surface area contributed by atoms with Gasteiger partial charge in [0.2, 0.25) is 5.91 Å². The summed E-state index contributed by atoms with van der Waals surface area (Å²) in [6.07, 6.45) is 0. The Morgan fingerprint density at radius 1 is 1.25 bits per heavy atom. The van der Waals surface area contributed by atoms with Crippen molar-refractivity contribution in [3.8, 4) is 0 Å². The molecule has 0 aromatic heterocycles. The molecule has 0 radical (unpaired) electrons. The van der Waals surface area contributed by atoms with Gasteiger partial charge in [-0.25, -0.2) is 0 Å². The van der Waals surface area contributed by atoms with Gasteiger partial charge in [-0.1, -0.05) is 30.3 Å². The Balaban J connectivity index is 3.25. The summed E-state index contributed by atoms with van der Waals surface area (Å²) in [5, 5.41) is 3.38. The zero-order chi connectivity index (χ0) is 15.3. The van der Waals surface area contributed by atoms with Crippen LogP contribution < -0.4 is 11.1 Å². The first-order valence-corrected chi connectivity index (χ1v) is 7.13. The van der Waals surface area contributed by atoms with E-state index in [9.17, 15) is 4.79 Å². The number of hydrogen-bond donors (Lipinski definition) is 2. The molecule has 20 heavy (non-hydrogen) atoms. The predicted molar refractivity (Wildman–Crippen MR) is 83.4 cm³/mol. The summed E-state index contributed by atoms with van der Waals surface area (Å²) in [5.74, 6) is -0.343. The largest absolute Gasteiger partial charge is 0.368 e. The number of hydrogen-bond acceptors (Lipinski definition) is 3. The number of nitrogens with zero attached hydrogens (tertiary/aromatic N) is 1. The number of rotatable bonds is 7. The lowest BCUT2D eigenvalue weighted by Gasteiger charge is -2.38. The van der Waals surface area contributed by atoms with E-state index < -0.39 is 5.54 Å². The fourth-order valence-electron chi connectivity index (χ4n) is 2.28. The Morgan fingerprint density at radius 2 is 1.80 bits per heavy atom. The van der Waals surface area contributed by atoms with Gasteiger partial charge in [-0.15, -0.1) is 0 Å². The minimum Gasteiger partial charge on any atom is -0.368 e. The van der Waals surface area contributed by atoms with E-state index in [1.54, 1.807) is 0 Å². The van der Waals surface area contributed by atoms with Gasteiger partial charge in [-0.2, -0.15) is 0 Å². The number of benzene rings is 1. The normalized spacial score (nSPS) is 14.8. The number of nitrogens with one attached hydrogen (secondary N) is 1. The van der Waals surface area contributed by atoms with E-state index in [0.717, 1.165) is 5.56 Å². The summed E-state index contributed by atoms with van der Waals surface area (Å²) in [5.41, 5.74) is 5.82. The molecule has 1 amide bonds. The third kappa shape index (κ3) is 3.81. The molecular formula is C16H27N3O. The average molecular weight is 277 g/mol. The van der Waals surface area contributed by atoms with Crippen molar-refractivity contribution in [2.24, 2.45) is 5.73 Å². The van der Waals surface area contributed by atoms with Crippen LogP contribution in [0.4, 0.5) is 0 Å². The van der Waals surface area contributed by atoms with Crippen LogP contribution in [0.2, 0.25) is 0 Å². The second-order valence-electron chi connectivity index (χ2n) is 5.94. The van der Waals surface area contributed by atoms with E-state index in [0.29, 0.717) is 12.6 Å². The molecular weight excluding hydrogens is 250 g/mol. The molecule has 3 N–H and O–H groups in total. The first-order chi connectivity index (χ1) is 9.29. The van der Waals surface area contributed by atoms with Gasteiger partial charge in [0.25, 0.3) is 0 Å². The van der Waals surface area contributed by atoms with Crippen molar-refractivity contribution >= 4 is 5.91 Å². The van der Waals surface area contributed by atoms with Crippen molar-refractivity contribution < 1.29 is 4.79 Å². The zero-order valence-electron chi connectivity index (χ0n) is 13.2. The van der Waals surface area contributed by atoms with Crippen molar-refractivity contribution in [1.82, 2.24) is 10.2 Å². The van der Waals surface area contributed by atoms with Gasteiger partial charge in [-0.05, 0) is 40.3 Å². The lowest BCUT2D eigenvalue weighted by Crippen LogP contribution is -2.61. The number of carbonyl (C=O) groups excluding carboxylic acids is 1. The second-order valence-corrected chi connectivity index (χ2v) is 5.94. The smallest absolute Gasteiger partial charge is 0.243 e. The van der Waals surface area contributed by atoms with Crippen molar-refractivity contribution in [3.63, 3.8) is 0 Å². The first kappa shape index (κ1) is 16.7. The van der Waals surface area contributed by atoms with Crippen LogP contribution in [0.1, 0.15) is 33.3 Å². The maximum absolute atomic E-state index is 12.2. The van der Waals surface area contributed by atoms with Gasteiger partial charge in [0.05, 0.1) is 0 Å². The lowest BCUT2D eigenvalue weighted by atomic mass is 9.87. The Hall–Kier alpha value is -1.39. The molecule has 1 atom stereocenters. The summed E-state index contributed by atoms with van der Waals surface area (Å²) < 4.78 is 0. The number of nitrogens with two attached hydrogens (primary N) is 1. The fourth-order valence-corrected chi connectivity index (χ4v) is 2.28. The molecule has 4 nitrogen and oxygen atoms in total. The SMILES string of the molecule is CC(C)NC(CN(C)C(C)C)(C(N)=O)c1ccccc1. The van der Waals surface area contributed by atoms with Crippen molar-refractivity contribution in [3.05, 3.63) is 35.9 Å². The van der Waals surface area contributed by atoms with Crippen LogP contribution in [0.5, 0.6) is 0 Å². The Morgan fingerprint density at radius 3 is 2.20 bits per heavy atom. The number of primary amides is 1. The maximum Gasteiger partial charge on any atom is 0.243 e. The van der Waals surface area contributed by atoms with E-state index in [4.69, 9.17) is 5.73 Å². The Kier molecular flexibility index (Phi) is 5.72. The number of likely N-dealkylation sites (N-methyl/N-ethyl adjacent to an activating group) is 1. The molecule has 1 aromatic rings. The summed E-state index contributed by atoms with van der Waals surface area (Å²) >= 11 is 0. The maximum atomic E-state index is 12.2. The van der Waals surface area contributed by atoms with Crippen LogP contribution in [0.3, 0.4) is 0 Å². The van der Waals surface area contributed by atoms with Crippen LogP contribution in [0.15, 0.2) is 30.3 Å². The molecule has 0 heterocycles. The molecule has 0 spiro atoms. The van der Waals surface area contributed by atoms with Crippen LogP contribution in [0.25, 0.3) is 0 Å². The number of amides is 1. The monoisotopic (exact) mass is 277 g/mol. The lowest BCUT2D eigenvalue weighted by molar-refractivity contribution is -0.126. The van der Waals surface area contributed by atoms with Crippen molar-refractivity contribution in [2.45, 2.75) is 45.3 Å². The molecule has 0 saturated heterocycles. The van der Waals surface area contributed by atoms with E-state index >= 15 is 0 Å². The van der Waals surface area contributed by atoms with Gasteiger partial charge in [0.15, 0.2) is 0 Å². The van der Waals surface area contributed by atoms with E-state index in [1.165, 1.54) is 0 Å². The first-order valence-electron chi connectivity index (χ1n) is 7.13. The molecule has 0 aliphatic carbocycles. The molecule has 0 bridgehead atoms. The molecule has 1 unspecified atom stereocenters. The molecule has 1 aromatic carbocycles. The standard InChI is InChI=1S/C16H27N3O/c1-12(2)18-16(15(17)20,11-19(5)13(3)4)14-9-7-6-8-10-14/h6-10,12-13,18H,11H2,1-5H3,(H2,17,20). The fraction of sp³-hybridized carbons (Fsp3) is 0.562. The summed E-state index contributed by atoms with van der Waals surface area (Å²) in [6.45, 7) is 8.80. The molecule has 1 rings (SSSR count). The van der Waals surface area contributed by atoms with Gasteiger partial charge < -0.3 is 10.6 Å². The highest BCUT2D eigenvalue weighted by molar-refractivity contribution is 5.86. The van der Waals surface area contributed by atoms with Crippen molar-refractivity contribution in [1.29, 1.82) is 0 Å². The third-order valence-electron chi connectivity index (χ3n) is 3.59. The predicted octanol–water partition coefficient (Wildman–Crippen LogP) is 1.71. The Bertz CT molecular complexity index is 431. The van der Waals surface area contributed by atoms with Gasteiger partial charge >= 0.3 is 0 Å². The highest BCUT2D eigenvalue weighted by atomic mass is 16.1. The molecule has 112 valence electrons. The van der Waals surface area contributed by atoms with E-state index in [-0.39, 0.29) is 11.9 Å². The summed E-state index contributed by atoms with van der Waals surface area (Å²) in [7, 11) is 2.01. The van der Waals surface area contributed by atoms with Crippen LogP contribution >= 0.6 is 0 Å². The minimum atomic E-state index is -0.867. The zero-order valence-corrected chi connectivity index (χ0v) is 13.2. The topological polar surface area (TPSA) is 58.4 Å². The molecule has 0 aliphatic rings. The number of carbonyl (C=O) groups is 1. The van der Waals surface area contributed by atoms with Crippen LogP contribution in [-0.4, -0.2) is 36.5 Å². The van der Waals surface area contributed by atoms with Crippen molar-refractivity contribution in [2.75, 3.05) is 13.6 Å². The second kappa shape index (κ2) is 6.86. The molecule has 4 heteroatoms. The van der Waals surface area contributed by atoms with Gasteiger partial charge in [0.1, 0.15) is 5.54 Å². The van der Waals surface area contributed by atoms with Gasteiger partial charge in [0, 0.05) is 18.6 Å². The molecule has 0 fully saturated rings. The highest BCUT2D eigenvalue weighted by Gasteiger charge is 2.40. The highest BCUT2D eigenvalue weighted by Crippen LogP contribution is 2.23. The summed E-state index contributed by atoms with van der Waals surface area (Å²) in [6, 6.07) is 10.2. The van der Waals surface area contributed by atoms with Crippen LogP contribution in [-0.2, 0) is 10.3 Å². The molecule has 0 aliphatic heterocycles.